The van der Waals surface area contributed by atoms with Gasteiger partial charge in [0.05, 0.1) is 6.61 Å². The molecule has 19 heavy (non-hydrogen) atoms. The molecule has 0 saturated heterocycles. The van der Waals surface area contributed by atoms with Gasteiger partial charge in [-0.05, 0) is 33.8 Å². The van der Waals surface area contributed by atoms with Crippen molar-refractivity contribution >= 4 is 21.7 Å². The summed E-state index contributed by atoms with van der Waals surface area (Å²) in [4.78, 5) is 6.68. The van der Waals surface area contributed by atoms with Gasteiger partial charge in [0, 0.05) is 29.3 Å². The van der Waals surface area contributed by atoms with E-state index in [1.165, 1.54) is 5.57 Å². The van der Waals surface area contributed by atoms with Crippen LogP contribution in [0.4, 0.5) is 5.82 Å². The maximum absolute atomic E-state index is 9.45. The first-order valence-corrected chi connectivity index (χ1v) is 7.41. The minimum Gasteiger partial charge on any atom is -0.392 e. The van der Waals surface area contributed by atoms with Crippen molar-refractivity contribution in [3.63, 3.8) is 0 Å². The van der Waals surface area contributed by atoms with Crippen LogP contribution in [-0.4, -0.2) is 23.2 Å². The predicted octanol–water partition coefficient (Wildman–Crippen LogP) is 3.52. The van der Waals surface area contributed by atoms with Crippen molar-refractivity contribution in [1.82, 2.24) is 4.98 Å². The molecule has 0 atom stereocenters. The number of rotatable bonds is 2. The lowest BCUT2D eigenvalue weighted by molar-refractivity contribution is 0.281. The number of aromatic nitrogens is 1. The Hall–Kier alpha value is -0.870. The molecule has 1 aromatic heterocycles. The van der Waals surface area contributed by atoms with Crippen LogP contribution in [0.3, 0.4) is 0 Å². The van der Waals surface area contributed by atoms with Gasteiger partial charge in [-0.1, -0.05) is 32.4 Å². The van der Waals surface area contributed by atoms with E-state index in [2.05, 4.69) is 52.7 Å². The highest BCUT2D eigenvalue weighted by molar-refractivity contribution is 9.10. The molecular weight excluding hydrogens is 304 g/mol. The summed E-state index contributed by atoms with van der Waals surface area (Å²) in [5.41, 5.74) is 2.63. The molecule has 4 heteroatoms. The fourth-order valence-electron chi connectivity index (χ4n) is 2.42. The highest BCUT2D eigenvalue weighted by Gasteiger charge is 2.22. The average molecular weight is 325 g/mol. The zero-order chi connectivity index (χ0) is 14.0. The van der Waals surface area contributed by atoms with Gasteiger partial charge in [0.2, 0.25) is 0 Å². The molecule has 1 aliphatic heterocycles. The van der Waals surface area contributed by atoms with E-state index in [0.717, 1.165) is 35.4 Å². The van der Waals surface area contributed by atoms with E-state index in [4.69, 9.17) is 0 Å². The Kier molecular flexibility index (Phi) is 4.31. The van der Waals surface area contributed by atoms with Gasteiger partial charge >= 0.3 is 0 Å². The minimum absolute atomic E-state index is 0.0219. The van der Waals surface area contributed by atoms with Crippen molar-refractivity contribution in [2.45, 2.75) is 33.8 Å². The van der Waals surface area contributed by atoms with Gasteiger partial charge in [0.25, 0.3) is 0 Å². The summed E-state index contributed by atoms with van der Waals surface area (Å²) in [6, 6.07) is 1.94. The fraction of sp³-hybridized carbons (Fsp3) is 0.533. The van der Waals surface area contributed by atoms with Gasteiger partial charge in [-0.2, -0.15) is 0 Å². The molecule has 0 spiro atoms. The number of pyridine rings is 1. The Bertz CT molecular complexity index is 491. The Morgan fingerprint density at radius 2 is 2.16 bits per heavy atom. The van der Waals surface area contributed by atoms with E-state index in [1.54, 1.807) is 6.20 Å². The van der Waals surface area contributed by atoms with E-state index in [9.17, 15) is 5.11 Å². The number of anilines is 1. The van der Waals surface area contributed by atoms with E-state index in [0.29, 0.717) is 0 Å². The van der Waals surface area contributed by atoms with Gasteiger partial charge in [0.15, 0.2) is 0 Å². The SMILES string of the molecule is CC(C)(C)C1=CCN(c2ncc(Br)cc2CO)CC1. The number of halogens is 1. The molecule has 1 aromatic rings. The number of aliphatic hydroxyl groups excluding tert-OH is 1. The van der Waals surface area contributed by atoms with Crippen LogP contribution in [0, 0.1) is 5.41 Å². The molecule has 0 aliphatic carbocycles. The highest BCUT2D eigenvalue weighted by Crippen LogP contribution is 2.32. The summed E-state index contributed by atoms with van der Waals surface area (Å²) in [6.07, 6.45) is 5.15. The second-order valence-corrected chi connectivity index (χ2v) is 6.89. The van der Waals surface area contributed by atoms with Crippen molar-refractivity contribution in [3.05, 3.63) is 33.9 Å². The van der Waals surface area contributed by atoms with Crippen LogP contribution in [-0.2, 0) is 6.61 Å². The Morgan fingerprint density at radius 3 is 2.68 bits per heavy atom. The largest absolute Gasteiger partial charge is 0.392 e. The maximum Gasteiger partial charge on any atom is 0.134 e. The van der Waals surface area contributed by atoms with Crippen LogP contribution >= 0.6 is 15.9 Å². The highest BCUT2D eigenvalue weighted by atomic mass is 79.9. The lowest BCUT2D eigenvalue weighted by Gasteiger charge is -2.33. The molecule has 0 aromatic carbocycles. The molecule has 0 amide bonds. The van der Waals surface area contributed by atoms with Crippen LogP contribution in [0.5, 0.6) is 0 Å². The minimum atomic E-state index is 0.0219. The van der Waals surface area contributed by atoms with Crippen molar-refractivity contribution in [3.8, 4) is 0 Å². The molecule has 0 unspecified atom stereocenters. The Balaban J connectivity index is 2.20. The summed E-state index contributed by atoms with van der Waals surface area (Å²) in [7, 11) is 0. The first-order chi connectivity index (χ1) is 8.91. The van der Waals surface area contributed by atoms with Gasteiger partial charge in [-0.15, -0.1) is 0 Å². The van der Waals surface area contributed by atoms with Gasteiger partial charge < -0.3 is 10.0 Å². The van der Waals surface area contributed by atoms with E-state index in [1.807, 2.05) is 6.07 Å². The molecule has 0 radical (unpaired) electrons. The van der Waals surface area contributed by atoms with Crippen molar-refractivity contribution in [1.29, 1.82) is 0 Å². The van der Waals surface area contributed by atoms with E-state index >= 15 is 0 Å². The average Bonchev–Trinajstić information content (AvgIpc) is 2.37. The van der Waals surface area contributed by atoms with Crippen molar-refractivity contribution in [2.75, 3.05) is 18.0 Å². The molecule has 0 bridgehead atoms. The molecule has 2 rings (SSSR count). The van der Waals surface area contributed by atoms with Gasteiger partial charge in [-0.25, -0.2) is 4.98 Å². The van der Waals surface area contributed by atoms with Crippen LogP contribution in [0.1, 0.15) is 32.8 Å². The molecular formula is C15H21BrN2O. The third-order valence-electron chi connectivity index (χ3n) is 3.55. The first kappa shape index (κ1) is 14.5. The summed E-state index contributed by atoms with van der Waals surface area (Å²) in [5.74, 6) is 0.898. The Labute approximate surface area is 123 Å². The molecule has 0 saturated carbocycles. The van der Waals surface area contributed by atoms with Gasteiger partial charge in [0.1, 0.15) is 5.82 Å². The van der Waals surface area contributed by atoms with Gasteiger partial charge in [-0.3, -0.25) is 0 Å². The third kappa shape index (κ3) is 3.37. The quantitative estimate of drug-likeness (QED) is 0.845. The lowest BCUT2D eigenvalue weighted by Crippen LogP contribution is -2.32. The van der Waals surface area contributed by atoms with Crippen molar-refractivity contribution in [2.24, 2.45) is 5.41 Å². The predicted molar refractivity (Wildman–Crippen MR) is 82.2 cm³/mol. The number of hydrogen-bond donors (Lipinski definition) is 1. The molecule has 1 aliphatic rings. The first-order valence-electron chi connectivity index (χ1n) is 6.61. The molecule has 2 heterocycles. The zero-order valence-corrected chi connectivity index (χ0v) is 13.4. The summed E-state index contributed by atoms with van der Waals surface area (Å²) in [6.45, 7) is 8.62. The molecule has 0 fully saturated rings. The zero-order valence-electron chi connectivity index (χ0n) is 11.8. The van der Waals surface area contributed by atoms with Crippen LogP contribution in [0.2, 0.25) is 0 Å². The topological polar surface area (TPSA) is 36.4 Å². The van der Waals surface area contributed by atoms with Crippen LogP contribution in [0.25, 0.3) is 0 Å². The third-order valence-corrected chi connectivity index (χ3v) is 3.99. The van der Waals surface area contributed by atoms with E-state index < -0.39 is 0 Å². The maximum atomic E-state index is 9.45. The van der Waals surface area contributed by atoms with Crippen molar-refractivity contribution < 1.29 is 5.11 Å². The fourth-order valence-corrected chi connectivity index (χ4v) is 2.80. The van der Waals surface area contributed by atoms with Crippen LogP contribution in [0.15, 0.2) is 28.4 Å². The molecule has 104 valence electrons. The second kappa shape index (κ2) is 5.63. The Morgan fingerprint density at radius 1 is 1.42 bits per heavy atom. The molecule has 1 N–H and O–H groups in total. The van der Waals surface area contributed by atoms with E-state index in [-0.39, 0.29) is 12.0 Å². The smallest absolute Gasteiger partial charge is 0.134 e. The summed E-state index contributed by atoms with van der Waals surface area (Å²) < 4.78 is 0.906. The monoisotopic (exact) mass is 324 g/mol. The summed E-state index contributed by atoms with van der Waals surface area (Å²) in [5, 5.41) is 9.45. The number of nitrogens with zero attached hydrogens (tertiary/aromatic N) is 2. The van der Waals surface area contributed by atoms with Crippen LogP contribution < -0.4 is 4.90 Å². The molecule has 3 nitrogen and oxygen atoms in total. The summed E-state index contributed by atoms with van der Waals surface area (Å²) >= 11 is 3.39. The lowest BCUT2D eigenvalue weighted by atomic mass is 9.83. The second-order valence-electron chi connectivity index (χ2n) is 5.97. The standard InChI is InChI=1S/C15H21BrN2O/c1-15(2,3)12-4-6-18(7-5-12)14-11(10-19)8-13(16)9-17-14/h4,8-9,19H,5-7,10H2,1-3H3. The number of aliphatic hydroxyl groups is 1. The normalized spacial score (nSPS) is 16.5. The number of hydrogen-bond acceptors (Lipinski definition) is 3.